The van der Waals surface area contributed by atoms with Crippen LogP contribution < -0.4 is 5.32 Å². The second kappa shape index (κ2) is 9.54. The number of anilines is 1. The molecule has 0 aliphatic carbocycles. The minimum Gasteiger partial charge on any atom is -0.465 e. The fourth-order valence-electron chi connectivity index (χ4n) is 2.58. The van der Waals surface area contributed by atoms with Gasteiger partial charge in [-0.25, -0.2) is 4.79 Å². The number of methoxy groups -OCH3 is 1. The van der Waals surface area contributed by atoms with Crippen LogP contribution in [0, 0.1) is 11.8 Å². The van der Waals surface area contributed by atoms with E-state index in [9.17, 15) is 9.59 Å². The summed E-state index contributed by atoms with van der Waals surface area (Å²) < 4.78 is 4.72. The molecule has 0 bridgehead atoms. The van der Waals surface area contributed by atoms with Crippen LogP contribution in [0.25, 0.3) is 0 Å². The second-order valence-corrected chi connectivity index (χ2v) is 6.86. The first-order valence-corrected chi connectivity index (χ1v) is 9.70. The number of aryl methyl sites for hydroxylation is 1. The lowest BCUT2D eigenvalue weighted by atomic mass is 10.1. The average Bonchev–Trinajstić information content (AvgIpc) is 3.24. The van der Waals surface area contributed by atoms with Crippen molar-refractivity contribution >= 4 is 28.9 Å². The van der Waals surface area contributed by atoms with Gasteiger partial charge in [-0.05, 0) is 65.2 Å². The summed E-state index contributed by atoms with van der Waals surface area (Å²) in [5.41, 5.74) is 3.84. The number of esters is 1. The fourth-order valence-corrected chi connectivity index (χ4v) is 3.28. The van der Waals surface area contributed by atoms with Gasteiger partial charge in [0.2, 0.25) is 5.91 Å². The molecule has 0 aliphatic rings. The third-order valence-corrected chi connectivity index (χ3v) is 4.73. The molecule has 1 aromatic heterocycles. The molecule has 3 rings (SSSR count). The van der Waals surface area contributed by atoms with Gasteiger partial charge in [0, 0.05) is 23.2 Å². The Bertz CT molecular complexity index is 1030. The molecule has 0 unspecified atom stereocenters. The SMILES string of the molecule is COC(=O)c1cccc(C#Cc2cccc(NC(=O)CCc3ccsc3)c2)c1. The molecule has 0 saturated heterocycles. The van der Waals surface area contributed by atoms with Crippen molar-refractivity contribution in [3.05, 3.63) is 87.6 Å². The van der Waals surface area contributed by atoms with Crippen molar-refractivity contribution in [1.82, 2.24) is 0 Å². The van der Waals surface area contributed by atoms with Gasteiger partial charge >= 0.3 is 5.97 Å². The highest BCUT2D eigenvalue weighted by Gasteiger charge is 2.05. The maximum Gasteiger partial charge on any atom is 0.337 e. The van der Waals surface area contributed by atoms with Crippen molar-refractivity contribution in [3.8, 4) is 11.8 Å². The summed E-state index contributed by atoms with van der Waals surface area (Å²) in [5.74, 6) is 5.68. The zero-order valence-electron chi connectivity index (χ0n) is 15.4. The minimum absolute atomic E-state index is 0.0258. The van der Waals surface area contributed by atoms with Gasteiger partial charge in [-0.3, -0.25) is 4.79 Å². The van der Waals surface area contributed by atoms with Crippen LogP contribution in [0.1, 0.15) is 33.5 Å². The van der Waals surface area contributed by atoms with Gasteiger partial charge < -0.3 is 10.1 Å². The summed E-state index contributed by atoms with van der Waals surface area (Å²) in [6.45, 7) is 0. The van der Waals surface area contributed by atoms with Crippen LogP contribution in [-0.4, -0.2) is 19.0 Å². The Hall–Kier alpha value is -3.36. The monoisotopic (exact) mass is 389 g/mol. The topological polar surface area (TPSA) is 55.4 Å². The molecule has 0 atom stereocenters. The first-order chi connectivity index (χ1) is 13.6. The van der Waals surface area contributed by atoms with Crippen molar-refractivity contribution in [2.24, 2.45) is 0 Å². The Morgan fingerprint density at radius 1 is 1.04 bits per heavy atom. The van der Waals surface area contributed by atoms with E-state index in [0.717, 1.165) is 12.0 Å². The Morgan fingerprint density at radius 2 is 1.79 bits per heavy atom. The molecule has 1 amide bonds. The number of thiophene rings is 1. The molecular weight excluding hydrogens is 370 g/mol. The average molecular weight is 389 g/mol. The zero-order valence-corrected chi connectivity index (χ0v) is 16.2. The summed E-state index contributed by atoms with van der Waals surface area (Å²) in [6, 6.07) is 16.4. The van der Waals surface area contributed by atoms with E-state index in [1.165, 1.54) is 12.7 Å². The standard InChI is InChI=1S/C23H19NO3S/c1-27-23(26)20-6-2-4-17(14-20)8-9-18-5-3-7-21(15-18)24-22(25)11-10-19-12-13-28-16-19/h2-7,12-16H,10-11H2,1H3,(H,24,25). The van der Waals surface area contributed by atoms with Gasteiger partial charge in [0.1, 0.15) is 0 Å². The molecular formula is C23H19NO3S. The molecule has 5 heteroatoms. The van der Waals surface area contributed by atoms with Crippen LogP contribution in [0.15, 0.2) is 65.4 Å². The Labute approximate surface area is 168 Å². The predicted molar refractivity (Wildman–Crippen MR) is 111 cm³/mol. The first-order valence-electron chi connectivity index (χ1n) is 8.75. The zero-order chi connectivity index (χ0) is 19.8. The number of carbonyl (C=O) groups excluding carboxylic acids is 2. The predicted octanol–water partition coefficient (Wildman–Crippen LogP) is 4.51. The molecule has 0 spiro atoms. The number of rotatable bonds is 5. The van der Waals surface area contributed by atoms with Crippen LogP contribution >= 0.6 is 11.3 Å². The Morgan fingerprint density at radius 3 is 2.50 bits per heavy atom. The number of nitrogens with one attached hydrogen (secondary N) is 1. The van der Waals surface area contributed by atoms with E-state index in [1.807, 2.05) is 41.8 Å². The molecule has 0 fully saturated rings. The number of hydrogen-bond acceptors (Lipinski definition) is 4. The molecule has 1 heterocycles. The van der Waals surface area contributed by atoms with E-state index in [-0.39, 0.29) is 5.91 Å². The molecule has 0 aliphatic heterocycles. The lowest BCUT2D eigenvalue weighted by Crippen LogP contribution is -2.12. The smallest absolute Gasteiger partial charge is 0.337 e. The molecule has 4 nitrogen and oxygen atoms in total. The lowest BCUT2D eigenvalue weighted by molar-refractivity contribution is -0.116. The van der Waals surface area contributed by atoms with Crippen LogP contribution in [-0.2, 0) is 16.0 Å². The van der Waals surface area contributed by atoms with Crippen LogP contribution in [0.3, 0.4) is 0 Å². The second-order valence-electron chi connectivity index (χ2n) is 6.08. The number of hydrogen-bond donors (Lipinski definition) is 1. The Kier molecular flexibility index (Phi) is 6.61. The summed E-state index contributed by atoms with van der Waals surface area (Å²) in [6.07, 6.45) is 1.17. The lowest BCUT2D eigenvalue weighted by Gasteiger charge is -2.05. The van der Waals surface area contributed by atoms with Crippen molar-refractivity contribution in [2.75, 3.05) is 12.4 Å². The third kappa shape index (κ3) is 5.57. The molecule has 140 valence electrons. The van der Waals surface area contributed by atoms with Crippen LogP contribution in [0.2, 0.25) is 0 Å². The van der Waals surface area contributed by atoms with Crippen molar-refractivity contribution in [1.29, 1.82) is 0 Å². The van der Waals surface area contributed by atoms with Gasteiger partial charge in [-0.1, -0.05) is 24.0 Å². The number of benzene rings is 2. The quantitative estimate of drug-likeness (QED) is 0.516. The summed E-state index contributed by atoms with van der Waals surface area (Å²) in [7, 11) is 1.35. The molecule has 0 radical (unpaired) electrons. The molecule has 28 heavy (non-hydrogen) atoms. The van der Waals surface area contributed by atoms with Crippen molar-refractivity contribution in [3.63, 3.8) is 0 Å². The van der Waals surface area contributed by atoms with Crippen molar-refractivity contribution < 1.29 is 14.3 Å². The fraction of sp³-hybridized carbons (Fsp3) is 0.130. The minimum atomic E-state index is -0.393. The molecule has 1 N–H and O–H groups in total. The van der Waals surface area contributed by atoms with Crippen LogP contribution in [0.5, 0.6) is 0 Å². The van der Waals surface area contributed by atoms with E-state index >= 15 is 0 Å². The maximum atomic E-state index is 12.1. The van der Waals surface area contributed by atoms with Crippen LogP contribution in [0.4, 0.5) is 5.69 Å². The summed E-state index contributed by atoms with van der Waals surface area (Å²) >= 11 is 1.63. The number of ether oxygens (including phenoxy) is 1. The van der Waals surface area contributed by atoms with E-state index < -0.39 is 5.97 Å². The van der Waals surface area contributed by atoms with E-state index in [1.54, 1.807) is 29.5 Å². The molecule has 3 aromatic rings. The van der Waals surface area contributed by atoms with Gasteiger partial charge in [0.25, 0.3) is 0 Å². The van der Waals surface area contributed by atoms with E-state index in [2.05, 4.69) is 22.5 Å². The maximum absolute atomic E-state index is 12.1. The van der Waals surface area contributed by atoms with E-state index in [4.69, 9.17) is 4.74 Å². The highest BCUT2D eigenvalue weighted by molar-refractivity contribution is 7.07. The highest BCUT2D eigenvalue weighted by Crippen LogP contribution is 2.13. The first kappa shape index (κ1) is 19.4. The van der Waals surface area contributed by atoms with Gasteiger partial charge in [-0.15, -0.1) is 0 Å². The summed E-state index contributed by atoms with van der Waals surface area (Å²) in [4.78, 5) is 23.7. The van der Waals surface area contributed by atoms with Gasteiger partial charge in [0.05, 0.1) is 12.7 Å². The van der Waals surface area contributed by atoms with E-state index in [0.29, 0.717) is 23.2 Å². The molecule has 2 aromatic carbocycles. The van der Waals surface area contributed by atoms with Crippen molar-refractivity contribution in [2.45, 2.75) is 12.8 Å². The number of amides is 1. The highest BCUT2D eigenvalue weighted by atomic mass is 32.1. The van der Waals surface area contributed by atoms with Gasteiger partial charge in [0.15, 0.2) is 0 Å². The number of carbonyl (C=O) groups is 2. The normalized spacial score (nSPS) is 9.89. The molecule has 0 saturated carbocycles. The summed E-state index contributed by atoms with van der Waals surface area (Å²) in [5, 5.41) is 6.97. The third-order valence-electron chi connectivity index (χ3n) is 4.00. The Balaban J connectivity index is 1.64. The van der Waals surface area contributed by atoms with Gasteiger partial charge in [-0.2, -0.15) is 11.3 Å². The largest absolute Gasteiger partial charge is 0.465 e.